The third kappa shape index (κ3) is 3.81. The van der Waals surface area contributed by atoms with Crippen LogP contribution in [0.25, 0.3) is 10.6 Å². The highest BCUT2D eigenvalue weighted by Crippen LogP contribution is 2.28. The molecule has 1 fully saturated rings. The molecule has 0 aliphatic carbocycles. The molecular weight excluding hydrogens is 374 g/mol. The van der Waals surface area contributed by atoms with E-state index in [9.17, 15) is 9.59 Å². The van der Waals surface area contributed by atoms with Gasteiger partial charge in [-0.05, 0) is 31.2 Å². The molecule has 7 heteroatoms. The number of morpholine rings is 1. The number of rotatable bonds is 4. The molecule has 1 aliphatic heterocycles. The lowest BCUT2D eigenvalue weighted by atomic mass is 10.2. The zero-order valence-electron chi connectivity index (χ0n) is 15.3. The molecule has 1 saturated heterocycles. The summed E-state index contributed by atoms with van der Waals surface area (Å²) in [6, 6.07) is 17.1. The molecule has 6 nitrogen and oxygen atoms in total. The van der Waals surface area contributed by atoms with Gasteiger partial charge in [0.25, 0.3) is 11.8 Å². The van der Waals surface area contributed by atoms with Crippen LogP contribution in [0.4, 0.5) is 11.4 Å². The van der Waals surface area contributed by atoms with Gasteiger partial charge in [0.1, 0.15) is 16.5 Å². The summed E-state index contributed by atoms with van der Waals surface area (Å²) in [4.78, 5) is 31.4. The minimum Gasteiger partial charge on any atom is -0.370 e. The number of thiazole rings is 1. The first-order chi connectivity index (χ1) is 13.6. The summed E-state index contributed by atoms with van der Waals surface area (Å²) in [5, 5.41) is 3.73. The van der Waals surface area contributed by atoms with E-state index < -0.39 is 0 Å². The van der Waals surface area contributed by atoms with Gasteiger partial charge in [0.05, 0.1) is 12.3 Å². The van der Waals surface area contributed by atoms with Gasteiger partial charge in [-0.3, -0.25) is 9.59 Å². The normalized spacial score (nSPS) is 14.2. The van der Waals surface area contributed by atoms with Crippen molar-refractivity contribution < 1.29 is 14.3 Å². The van der Waals surface area contributed by atoms with Crippen LogP contribution in [0, 0.1) is 6.92 Å². The molecular formula is C21H19N3O3S. The second-order valence-electron chi connectivity index (χ2n) is 6.40. The molecule has 1 aliphatic rings. The number of hydrogen-bond donors (Lipinski definition) is 1. The third-order valence-electron chi connectivity index (χ3n) is 4.45. The zero-order valence-corrected chi connectivity index (χ0v) is 16.2. The highest BCUT2D eigenvalue weighted by Gasteiger charge is 2.20. The molecule has 0 radical (unpaired) electrons. The van der Waals surface area contributed by atoms with Gasteiger partial charge in [0.15, 0.2) is 0 Å². The number of ether oxygens (including phenoxy) is 1. The van der Waals surface area contributed by atoms with Crippen LogP contribution in [-0.2, 0) is 9.53 Å². The summed E-state index contributed by atoms with van der Waals surface area (Å²) in [6.45, 7) is 3.00. The second-order valence-corrected chi connectivity index (χ2v) is 7.40. The van der Waals surface area contributed by atoms with Crippen molar-refractivity contribution in [2.24, 2.45) is 0 Å². The number of aryl methyl sites for hydroxylation is 1. The maximum absolute atomic E-state index is 12.7. The fourth-order valence-electron chi connectivity index (χ4n) is 3.01. The average molecular weight is 393 g/mol. The largest absolute Gasteiger partial charge is 0.370 e. The van der Waals surface area contributed by atoms with Crippen molar-refractivity contribution >= 4 is 34.5 Å². The van der Waals surface area contributed by atoms with E-state index in [0.29, 0.717) is 29.4 Å². The standard InChI is InChI=1S/C21H19N3O3S/c1-14-19(28-21(22-14)15-5-3-2-4-6-15)20(26)23-16-7-9-17(10-8-16)24-11-12-27-13-18(24)25/h2-10H,11-13H2,1H3,(H,23,26). The Hall–Kier alpha value is -3.03. The van der Waals surface area contributed by atoms with E-state index in [1.807, 2.05) is 49.4 Å². The van der Waals surface area contributed by atoms with Crippen molar-refractivity contribution in [3.8, 4) is 10.6 Å². The number of aromatic nitrogens is 1. The van der Waals surface area contributed by atoms with E-state index in [1.54, 1.807) is 17.0 Å². The van der Waals surface area contributed by atoms with Gasteiger partial charge in [0.2, 0.25) is 0 Å². The highest BCUT2D eigenvalue weighted by atomic mass is 32.1. The molecule has 142 valence electrons. The van der Waals surface area contributed by atoms with Gasteiger partial charge >= 0.3 is 0 Å². The summed E-state index contributed by atoms with van der Waals surface area (Å²) in [6.07, 6.45) is 0. The molecule has 0 saturated carbocycles. The van der Waals surface area contributed by atoms with E-state index in [2.05, 4.69) is 10.3 Å². The zero-order chi connectivity index (χ0) is 19.5. The third-order valence-corrected chi connectivity index (χ3v) is 5.65. The molecule has 4 rings (SSSR count). The van der Waals surface area contributed by atoms with Crippen molar-refractivity contribution in [1.82, 2.24) is 4.98 Å². The number of anilines is 2. The van der Waals surface area contributed by atoms with E-state index in [4.69, 9.17) is 4.74 Å². The quantitative estimate of drug-likeness (QED) is 0.733. The van der Waals surface area contributed by atoms with Crippen molar-refractivity contribution in [2.45, 2.75) is 6.92 Å². The summed E-state index contributed by atoms with van der Waals surface area (Å²) in [5.41, 5.74) is 3.17. The summed E-state index contributed by atoms with van der Waals surface area (Å²) < 4.78 is 5.15. The molecule has 28 heavy (non-hydrogen) atoms. The molecule has 0 unspecified atom stereocenters. The van der Waals surface area contributed by atoms with Crippen LogP contribution in [0.1, 0.15) is 15.4 Å². The minimum atomic E-state index is -0.188. The Kier molecular flexibility index (Phi) is 5.18. The van der Waals surface area contributed by atoms with Gasteiger partial charge in [0, 0.05) is 23.5 Å². The average Bonchev–Trinajstić information content (AvgIpc) is 3.12. The number of nitrogens with zero attached hydrogens (tertiary/aromatic N) is 2. The minimum absolute atomic E-state index is 0.0586. The smallest absolute Gasteiger partial charge is 0.267 e. The van der Waals surface area contributed by atoms with Crippen LogP contribution in [0.2, 0.25) is 0 Å². The lowest BCUT2D eigenvalue weighted by Crippen LogP contribution is -2.41. The van der Waals surface area contributed by atoms with Gasteiger partial charge in [-0.25, -0.2) is 4.98 Å². The van der Waals surface area contributed by atoms with E-state index in [1.165, 1.54) is 11.3 Å². The van der Waals surface area contributed by atoms with Gasteiger partial charge in [-0.15, -0.1) is 11.3 Å². The first kappa shape index (κ1) is 18.3. The molecule has 0 spiro atoms. The Balaban J connectivity index is 1.48. The number of hydrogen-bond acceptors (Lipinski definition) is 5. The molecule has 2 heterocycles. The van der Waals surface area contributed by atoms with Crippen molar-refractivity contribution in [1.29, 1.82) is 0 Å². The monoisotopic (exact) mass is 393 g/mol. The van der Waals surface area contributed by atoms with Crippen LogP contribution >= 0.6 is 11.3 Å². The topological polar surface area (TPSA) is 71.5 Å². The number of benzene rings is 2. The molecule has 2 aromatic carbocycles. The predicted molar refractivity (Wildman–Crippen MR) is 110 cm³/mol. The SMILES string of the molecule is Cc1nc(-c2ccccc2)sc1C(=O)Nc1ccc(N2CCOCC2=O)cc1. The van der Waals surface area contributed by atoms with E-state index in [0.717, 1.165) is 16.3 Å². The van der Waals surface area contributed by atoms with Crippen LogP contribution in [0.15, 0.2) is 54.6 Å². The Morgan fingerprint density at radius 3 is 2.61 bits per heavy atom. The van der Waals surface area contributed by atoms with Crippen molar-refractivity contribution in [3.05, 3.63) is 65.2 Å². The van der Waals surface area contributed by atoms with E-state index >= 15 is 0 Å². The maximum Gasteiger partial charge on any atom is 0.267 e. The highest BCUT2D eigenvalue weighted by molar-refractivity contribution is 7.17. The lowest BCUT2D eigenvalue weighted by molar-refractivity contribution is -0.125. The Labute approximate surface area is 166 Å². The van der Waals surface area contributed by atoms with Gasteiger partial charge in [-0.2, -0.15) is 0 Å². The number of carbonyl (C=O) groups is 2. The van der Waals surface area contributed by atoms with Crippen LogP contribution in [0.3, 0.4) is 0 Å². The predicted octanol–water partition coefficient (Wildman–Crippen LogP) is 3.73. The molecule has 1 N–H and O–H groups in total. The van der Waals surface area contributed by atoms with Crippen molar-refractivity contribution in [3.63, 3.8) is 0 Å². The summed E-state index contributed by atoms with van der Waals surface area (Å²) >= 11 is 1.38. The van der Waals surface area contributed by atoms with Crippen LogP contribution in [-0.4, -0.2) is 36.6 Å². The first-order valence-electron chi connectivity index (χ1n) is 8.94. The Morgan fingerprint density at radius 2 is 1.89 bits per heavy atom. The molecule has 1 aromatic heterocycles. The first-order valence-corrected chi connectivity index (χ1v) is 9.76. The molecule has 2 amide bonds. The number of amides is 2. The molecule has 0 bridgehead atoms. The van der Waals surface area contributed by atoms with Crippen LogP contribution in [0.5, 0.6) is 0 Å². The second kappa shape index (κ2) is 7.92. The Morgan fingerprint density at radius 1 is 1.14 bits per heavy atom. The fourth-order valence-corrected chi connectivity index (χ4v) is 3.98. The lowest BCUT2D eigenvalue weighted by Gasteiger charge is -2.26. The van der Waals surface area contributed by atoms with Crippen LogP contribution < -0.4 is 10.2 Å². The number of carbonyl (C=O) groups excluding carboxylic acids is 2. The fraction of sp³-hybridized carbons (Fsp3) is 0.190. The number of nitrogens with one attached hydrogen (secondary N) is 1. The maximum atomic E-state index is 12.7. The summed E-state index contributed by atoms with van der Waals surface area (Å²) in [7, 11) is 0. The molecule has 0 atom stereocenters. The van der Waals surface area contributed by atoms with Gasteiger partial charge < -0.3 is 15.0 Å². The van der Waals surface area contributed by atoms with Gasteiger partial charge in [-0.1, -0.05) is 30.3 Å². The van der Waals surface area contributed by atoms with E-state index in [-0.39, 0.29) is 18.4 Å². The molecule has 3 aromatic rings. The Bertz CT molecular complexity index is 999. The summed E-state index contributed by atoms with van der Waals surface area (Å²) in [5.74, 6) is -0.246. The van der Waals surface area contributed by atoms with Crippen molar-refractivity contribution in [2.75, 3.05) is 30.0 Å².